The molecule has 0 spiro atoms. The normalized spacial score (nSPS) is 9.75. The molecule has 5 heteroatoms. The first-order chi connectivity index (χ1) is 5.81. The Balaban J connectivity index is 3.02. The van der Waals surface area contributed by atoms with E-state index < -0.39 is 0 Å². The predicted molar refractivity (Wildman–Crippen MR) is 54.1 cm³/mol. The molecule has 3 nitrogen and oxygen atoms in total. The van der Waals surface area contributed by atoms with Crippen LogP contribution < -0.4 is 13.6 Å². The van der Waals surface area contributed by atoms with Crippen LogP contribution in [0.2, 0.25) is 0 Å². The Morgan fingerprint density at radius 2 is 1.83 bits per heavy atom. The van der Waals surface area contributed by atoms with Crippen molar-refractivity contribution in [1.82, 2.24) is 0 Å². The van der Waals surface area contributed by atoms with Crippen molar-refractivity contribution >= 4 is 21.0 Å². The summed E-state index contributed by atoms with van der Waals surface area (Å²) in [5.41, 5.74) is 0. The van der Waals surface area contributed by atoms with Crippen LogP contribution in [0.1, 0.15) is 0 Å². The zero-order chi connectivity index (χ0) is 8.97. The van der Waals surface area contributed by atoms with E-state index in [1.165, 1.54) is 0 Å². The number of hydrogen-bond donors (Lipinski definition) is 0. The van der Waals surface area contributed by atoms with E-state index in [0.717, 1.165) is 17.2 Å². The molecular formula is C7H12O3Si2. The second-order valence-electron chi connectivity index (χ2n) is 2.22. The van der Waals surface area contributed by atoms with Crippen molar-refractivity contribution in [1.29, 1.82) is 0 Å². The zero-order valence-electron chi connectivity index (χ0n) is 7.46. The zero-order valence-corrected chi connectivity index (χ0v) is 11.5. The lowest BCUT2D eigenvalue weighted by Gasteiger charge is -2.09. The Kier molecular flexibility index (Phi) is 3.18. The first-order valence-corrected chi connectivity index (χ1v) is 5.21. The van der Waals surface area contributed by atoms with Crippen LogP contribution in [0.25, 0.3) is 0 Å². The number of hydrogen-bond acceptors (Lipinski definition) is 3. The molecule has 0 saturated heterocycles. The van der Waals surface area contributed by atoms with E-state index in [0.29, 0.717) is 21.0 Å². The largest absolute Gasteiger partial charge is 0.553 e. The summed E-state index contributed by atoms with van der Waals surface area (Å²) in [5, 5.41) is 0. The standard InChI is InChI=1S/C7H12O3Si2/c1-8-6-3-2-5(9-11)4-7(6)10-12/h2-4H,1,11-12H3. The molecule has 0 aliphatic carbocycles. The highest BCUT2D eigenvalue weighted by Crippen LogP contribution is 2.30. The summed E-state index contributed by atoms with van der Waals surface area (Å²) in [4.78, 5) is 0. The smallest absolute Gasteiger partial charge is 0.204 e. The van der Waals surface area contributed by atoms with Gasteiger partial charge in [0.15, 0.2) is 5.75 Å². The fourth-order valence-corrected chi connectivity index (χ4v) is 1.52. The van der Waals surface area contributed by atoms with Gasteiger partial charge in [-0.25, -0.2) is 0 Å². The molecule has 1 aromatic rings. The van der Waals surface area contributed by atoms with Gasteiger partial charge in [0.2, 0.25) is 21.0 Å². The molecular weight excluding hydrogens is 188 g/mol. The lowest BCUT2D eigenvalue weighted by Crippen LogP contribution is -1.93. The SMILES string of the molecule is COc1ccc(O[SiH3])cc1O[SiH3]. The van der Waals surface area contributed by atoms with Gasteiger partial charge in [0, 0.05) is 6.07 Å². The first-order valence-electron chi connectivity index (χ1n) is 3.58. The number of ether oxygens (including phenoxy) is 1. The monoisotopic (exact) mass is 200 g/mol. The third-order valence-corrected chi connectivity index (χ3v) is 2.50. The van der Waals surface area contributed by atoms with E-state index in [1.807, 2.05) is 18.2 Å². The Morgan fingerprint density at radius 3 is 2.33 bits per heavy atom. The third kappa shape index (κ3) is 1.80. The minimum absolute atomic E-state index is 0.656. The summed E-state index contributed by atoms with van der Waals surface area (Å²) >= 11 is 0. The molecule has 1 aromatic carbocycles. The van der Waals surface area contributed by atoms with Gasteiger partial charge in [-0.1, -0.05) is 0 Å². The summed E-state index contributed by atoms with van der Waals surface area (Å²) in [6.07, 6.45) is 0. The van der Waals surface area contributed by atoms with Gasteiger partial charge in [-0.2, -0.15) is 0 Å². The van der Waals surface area contributed by atoms with Gasteiger partial charge in [0.25, 0.3) is 0 Å². The lowest BCUT2D eigenvalue weighted by atomic mass is 10.3. The van der Waals surface area contributed by atoms with Gasteiger partial charge >= 0.3 is 0 Å². The second-order valence-corrected chi connectivity index (χ2v) is 3.04. The summed E-state index contributed by atoms with van der Waals surface area (Å²) in [6.45, 7) is 0. The van der Waals surface area contributed by atoms with Crippen molar-refractivity contribution in [2.75, 3.05) is 7.11 Å². The Morgan fingerprint density at radius 1 is 1.08 bits per heavy atom. The molecule has 0 atom stereocenters. The fraction of sp³-hybridized carbons (Fsp3) is 0.143. The average Bonchev–Trinajstić information content (AvgIpc) is 2.16. The van der Waals surface area contributed by atoms with Crippen LogP contribution in [0.5, 0.6) is 17.2 Å². The Bertz CT molecular complexity index is 265. The molecule has 12 heavy (non-hydrogen) atoms. The maximum Gasteiger partial charge on any atom is 0.204 e. The van der Waals surface area contributed by atoms with E-state index >= 15 is 0 Å². The van der Waals surface area contributed by atoms with Gasteiger partial charge in [-0.05, 0) is 12.1 Å². The molecule has 0 amide bonds. The van der Waals surface area contributed by atoms with Gasteiger partial charge in [-0.15, -0.1) is 0 Å². The topological polar surface area (TPSA) is 27.7 Å². The molecule has 1 rings (SSSR count). The molecule has 0 unspecified atom stereocenters. The Hall–Kier alpha value is -0.946. The predicted octanol–water partition coefficient (Wildman–Crippen LogP) is -0.986. The molecule has 0 N–H and O–H groups in total. The number of methoxy groups -OCH3 is 1. The fourth-order valence-electron chi connectivity index (χ4n) is 0.944. The summed E-state index contributed by atoms with van der Waals surface area (Å²) < 4.78 is 15.5. The first kappa shape index (κ1) is 9.14. The van der Waals surface area contributed by atoms with Crippen LogP contribution in [0.15, 0.2) is 18.2 Å². The highest BCUT2D eigenvalue weighted by Gasteiger charge is 2.02. The minimum atomic E-state index is 0.656. The van der Waals surface area contributed by atoms with Gasteiger partial charge in [0.05, 0.1) is 7.11 Å². The summed E-state index contributed by atoms with van der Waals surface area (Å²) in [7, 11) is 2.97. The van der Waals surface area contributed by atoms with Crippen molar-refractivity contribution in [3.8, 4) is 17.2 Å². The average molecular weight is 200 g/mol. The summed E-state index contributed by atoms with van der Waals surface area (Å²) in [5.74, 6) is 2.36. The van der Waals surface area contributed by atoms with Crippen LogP contribution in [0.3, 0.4) is 0 Å². The maximum atomic E-state index is 5.23. The highest BCUT2D eigenvalue weighted by molar-refractivity contribution is 6.01. The molecule has 66 valence electrons. The second kappa shape index (κ2) is 4.17. The van der Waals surface area contributed by atoms with Crippen LogP contribution in [-0.4, -0.2) is 28.1 Å². The van der Waals surface area contributed by atoms with E-state index in [4.69, 9.17) is 13.6 Å². The summed E-state index contributed by atoms with van der Waals surface area (Å²) in [6, 6.07) is 5.56. The molecule has 0 saturated carbocycles. The molecule has 0 aliphatic heterocycles. The molecule has 0 heterocycles. The van der Waals surface area contributed by atoms with Crippen LogP contribution in [-0.2, 0) is 0 Å². The minimum Gasteiger partial charge on any atom is -0.553 e. The van der Waals surface area contributed by atoms with E-state index in [-0.39, 0.29) is 0 Å². The molecule has 0 bridgehead atoms. The van der Waals surface area contributed by atoms with Gasteiger partial charge < -0.3 is 13.6 Å². The van der Waals surface area contributed by atoms with Gasteiger partial charge in [0.1, 0.15) is 11.5 Å². The van der Waals surface area contributed by atoms with Crippen LogP contribution in [0.4, 0.5) is 0 Å². The number of benzene rings is 1. The Labute approximate surface area is 77.7 Å². The van der Waals surface area contributed by atoms with Crippen LogP contribution >= 0.6 is 0 Å². The van der Waals surface area contributed by atoms with Crippen molar-refractivity contribution < 1.29 is 13.6 Å². The van der Waals surface area contributed by atoms with Crippen LogP contribution in [0, 0.1) is 0 Å². The van der Waals surface area contributed by atoms with Crippen molar-refractivity contribution in [3.63, 3.8) is 0 Å². The van der Waals surface area contributed by atoms with Crippen molar-refractivity contribution in [2.45, 2.75) is 0 Å². The van der Waals surface area contributed by atoms with Crippen molar-refractivity contribution in [2.24, 2.45) is 0 Å². The molecule has 0 aliphatic rings. The molecule has 0 fully saturated rings. The molecule has 0 radical (unpaired) electrons. The highest BCUT2D eigenvalue weighted by atomic mass is 28.2. The van der Waals surface area contributed by atoms with E-state index in [1.54, 1.807) is 7.11 Å². The third-order valence-electron chi connectivity index (χ3n) is 1.59. The lowest BCUT2D eigenvalue weighted by molar-refractivity contribution is 0.396. The van der Waals surface area contributed by atoms with E-state index in [2.05, 4.69) is 0 Å². The maximum absolute atomic E-state index is 5.23. The molecule has 0 aromatic heterocycles. The quantitative estimate of drug-likeness (QED) is 0.587. The number of rotatable bonds is 3. The van der Waals surface area contributed by atoms with Crippen molar-refractivity contribution in [3.05, 3.63) is 18.2 Å². The van der Waals surface area contributed by atoms with Gasteiger partial charge in [-0.3, -0.25) is 0 Å². The van der Waals surface area contributed by atoms with E-state index in [9.17, 15) is 0 Å².